The maximum absolute atomic E-state index is 13.9. The second-order valence-electron chi connectivity index (χ2n) is 11.6. The molecule has 0 aliphatic heterocycles. The molecule has 0 bridgehead atoms. The van der Waals surface area contributed by atoms with Gasteiger partial charge in [-0.15, -0.1) is 5.10 Å². The van der Waals surface area contributed by atoms with Crippen LogP contribution in [0.25, 0.3) is 11.1 Å². The Morgan fingerprint density at radius 2 is 1.84 bits per heavy atom. The standard InChI is InChI=1S/C32H39N7O4/c1-6-7-12-28-34-21(2)27(17-24-19-38(37-35-24)20-43-31(41)32(3,4)5)30(40)39(28)18-22-13-15-23(16-14-22)25-10-8-9-11-26(25)29(33)36-42/h8-11,13-16,19,42H,6-7,12,17-18,20H2,1-5H3,(H2,33,36). The van der Waals surface area contributed by atoms with E-state index in [1.54, 1.807) is 37.6 Å². The third kappa shape index (κ3) is 7.54. The van der Waals surface area contributed by atoms with E-state index in [0.29, 0.717) is 35.5 Å². The van der Waals surface area contributed by atoms with Gasteiger partial charge in [-0.05, 0) is 50.8 Å². The molecule has 0 saturated heterocycles. The summed E-state index contributed by atoms with van der Waals surface area (Å²) in [5, 5.41) is 20.6. The summed E-state index contributed by atoms with van der Waals surface area (Å²) in [7, 11) is 0. The van der Waals surface area contributed by atoms with Crippen molar-refractivity contribution in [1.29, 1.82) is 0 Å². The van der Waals surface area contributed by atoms with Gasteiger partial charge >= 0.3 is 5.97 Å². The van der Waals surface area contributed by atoms with E-state index in [1.807, 2.05) is 49.4 Å². The van der Waals surface area contributed by atoms with Crippen LogP contribution in [0, 0.1) is 12.3 Å². The third-order valence-corrected chi connectivity index (χ3v) is 7.10. The highest BCUT2D eigenvalue weighted by molar-refractivity contribution is 6.03. The van der Waals surface area contributed by atoms with E-state index in [9.17, 15) is 14.8 Å². The maximum atomic E-state index is 13.9. The van der Waals surface area contributed by atoms with Crippen LogP contribution in [0.1, 0.15) is 74.4 Å². The van der Waals surface area contributed by atoms with Crippen molar-refractivity contribution >= 4 is 11.8 Å². The van der Waals surface area contributed by atoms with Gasteiger partial charge in [-0.2, -0.15) is 0 Å². The van der Waals surface area contributed by atoms with Crippen LogP contribution in [0.2, 0.25) is 0 Å². The monoisotopic (exact) mass is 585 g/mol. The van der Waals surface area contributed by atoms with Crippen molar-refractivity contribution in [2.45, 2.75) is 73.6 Å². The molecule has 0 radical (unpaired) electrons. The highest BCUT2D eigenvalue weighted by Gasteiger charge is 2.23. The van der Waals surface area contributed by atoms with Gasteiger partial charge in [0.1, 0.15) is 5.82 Å². The van der Waals surface area contributed by atoms with Crippen LogP contribution in [0.3, 0.4) is 0 Å². The molecule has 2 heterocycles. The molecule has 0 spiro atoms. The molecule has 3 N–H and O–H groups in total. The first kappa shape index (κ1) is 31.1. The van der Waals surface area contributed by atoms with Crippen molar-refractivity contribution in [2.75, 3.05) is 0 Å². The molecule has 2 aromatic carbocycles. The zero-order valence-electron chi connectivity index (χ0n) is 25.4. The quantitative estimate of drug-likeness (QED) is 0.0863. The Balaban J connectivity index is 1.60. The summed E-state index contributed by atoms with van der Waals surface area (Å²) in [6, 6.07) is 15.3. The molecule has 0 fully saturated rings. The number of aromatic nitrogens is 5. The van der Waals surface area contributed by atoms with E-state index in [1.165, 1.54) is 4.68 Å². The lowest BCUT2D eigenvalue weighted by atomic mass is 9.98. The van der Waals surface area contributed by atoms with Gasteiger partial charge in [-0.3, -0.25) is 14.2 Å². The van der Waals surface area contributed by atoms with E-state index in [4.69, 9.17) is 15.5 Å². The van der Waals surface area contributed by atoms with Crippen molar-refractivity contribution in [3.8, 4) is 11.1 Å². The number of unbranched alkanes of at least 4 members (excludes halogenated alkanes) is 1. The van der Waals surface area contributed by atoms with E-state index >= 15 is 0 Å². The zero-order chi connectivity index (χ0) is 31.1. The Morgan fingerprint density at radius 3 is 2.51 bits per heavy atom. The highest BCUT2D eigenvalue weighted by atomic mass is 16.5. The molecule has 4 aromatic rings. The molecule has 11 nitrogen and oxygen atoms in total. The normalized spacial score (nSPS) is 12.0. The number of carbonyl (C=O) groups excluding carboxylic acids is 1. The third-order valence-electron chi connectivity index (χ3n) is 7.10. The SMILES string of the molecule is CCCCc1nc(C)c(Cc2cn(COC(=O)C(C)(C)C)nn2)c(=O)n1Cc1ccc(-c2ccccc2/C(N)=N/O)cc1. The molecule has 0 aliphatic carbocycles. The topological polar surface area (TPSA) is 151 Å². The van der Waals surface area contributed by atoms with E-state index in [2.05, 4.69) is 22.4 Å². The Bertz CT molecular complexity index is 1660. The van der Waals surface area contributed by atoms with E-state index < -0.39 is 5.41 Å². The van der Waals surface area contributed by atoms with Gasteiger partial charge in [0.25, 0.3) is 5.56 Å². The zero-order valence-corrected chi connectivity index (χ0v) is 25.4. The number of hydrogen-bond donors (Lipinski definition) is 2. The molecule has 0 unspecified atom stereocenters. The molecule has 2 aromatic heterocycles. The van der Waals surface area contributed by atoms with Crippen molar-refractivity contribution < 1.29 is 14.7 Å². The van der Waals surface area contributed by atoms with Gasteiger partial charge in [0, 0.05) is 29.7 Å². The number of nitrogens with zero attached hydrogens (tertiary/aromatic N) is 6. The maximum Gasteiger partial charge on any atom is 0.313 e. The first-order valence-corrected chi connectivity index (χ1v) is 14.3. The number of aryl methyl sites for hydroxylation is 2. The molecule has 11 heteroatoms. The number of esters is 1. The van der Waals surface area contributed by atoms with Crippen LogP contribution in [0.5, 0.6) is 0 Å². The minimum absolute atomic E-state index is 0.0380. The fraction of sp³-hybridized carbons (Fsp3) is 0.375. The van der Waals surface area contributed by atoms with Crippen molar-refractivity contribution in [1.82, 2.24) is 24.5 Å². The molecule has 43 heavy (non-hydrogen) atoms. The summed E-state index contributed by atoms with van der Waals surface area (Å²) in [6.07, 6.45) is 4.51. The van der Waals surface area contributed by atoms with Crippen molar-refractivity contribution in [3.05, 3.63) is 99.0 Å². The van der Waals surface area contributed by atoms with Crippen molar-refractivity contribution in [2.24, 2.45) is 16.3 Å². The Labute approximate surface area is 251 Å². The van der Waals surface area contributed by atoms with Gasteiger partial charge in [-0.1, -0.05) is 72.2 Å². The van der Waals surface area contributed by atoms with Gasteiger partial charge in [0.15, 0.2) is 12.6 Å². The Morgan fingerprint density at radius 1 is 1.12 bits per heavy atom. The summed E-state index contributed by atoms with van der Waals surface area (Å²) in [5.74, 6) is 0.443. The molecule has 0 aliphatic rings. The lowest BCUT2D eigenvalue weighted by Gasteiger charge is -2.16. The second kappa shape index (κ2) is 13.5. The second-order valence-corrected chi connectivity index (χ2v) is 11.6. The number of amidine groups is 1. The number of rotatable bonds is 11. The molecule has 4 rings (SSSR count). The summed E-state index contributed by atoms with van der Waals surface area (Å²) >= 11 is 0. The van der Waals surface area contributed by atoms with Crippen LogP contribution in [-0.2, 0) is 35.6 Å². The molecular formula is C32H39N7O4. The number of carbonyl (C=O) groups is 1. The van der Waals surface area contributed by atoms with Crippen LogP contribution in [-0.4, -0.2) is 41.6 Å². The number of hydrogen-bond acceptors (Lipinski definition) is 8. The average molecular weight is 586 g/mol. The summed E-state index contributed by atoms with van der Waals surface area (Å²) in [6.45, 7) is 9.61. The van der Waals surface area contributed by atoms with Crippen LogP contribution < -0.4 is 11.3 Å². The minimum atomic E-state index is -0.621. The van der Waals surface area contributed by atoms with Gasteiger partial charge in [0.2, 0.25) is 0 Å². The lowest BCUT2D eigenvalue weighted by Crippen LogP contribution is -2.30. The fourth-order valence-electron chi connectivity index (χ4n) is 4.64. The van der Waals surface area contributed by atoms with Crippen LogP contribution >= 0.6 is 0 Å². The largest absolute Gasteiger partial charge is 0.442 e. The lowest BCUT2D eigenvalue weighted by molar-refractivity contribution is -0.157. The molecule has 0 amide bonds. The smallest absolute Gasteiger partial charge is 0.313 e. The number of oxime groups is 1. The first-order valence-electron chi connectivity index (χ1n) is 14.3. The predicted molar refractivity (Wildman–Crippen MR) is 164 cm³/mol. The van der Waals surface area contributed by atoms with Gasteiger partial charge in [0.05, 0.1) is 23.9 Å². The van der Waals surface area contributed by atoms with Gasteiger partial charge < -0.3 is 15.7 Å². The summed E-state index contributed by atoms with van der Waals surface area (Å²) in [5.41, 5.74) is 10.3. The number of benzene rings is 2. The Kier molecular flexibility index (Phi) is 9.74. The molecule has 0 saturated carbocycles. The summed E-state index contributed by atoms with van der Waals surface area (Å²) in [4.78, 5) is 30.9. The average Bonchev–Trinajstić information content (AvgIpc) is 3.45. The van der Waals surface area contributed by atoms with E-state index in [-0.39, 0.29) is 30.5 Å². The minimum Gasteiger partial charge on any atom is -0.442 e. The van der Waals surface area contributed by atoms with Crippen LogP contribution in [0.15, 0.2) is 64.7 Å². The fourth-order valence-corrected chi connectivity index (χ4v) is 4.64. The molecule has 226 valence electrons. The van der Waals surface area contributed by atoms with Gasteiger partial charge in [-0.25, -0.2) is 9.67 Å². The van der Waals surface area contributed by atoms with Crippen molar-refractivity contribution in [3.63, 3.8) is 0 Å². The first-order chi connectivity index (χ1) is 20.5. The van der Waals surface area contributed by atoms with E-state index in [0.717, 1.165) is 35.4 Å². The predicted octanol–water partition coefficient (Wildman–Crippen LogP) is 4.43. The molecule has 0 atom stereocenters. The summed E-state index contributed by atoms with van der Waals surface area (Å²) < 4.78 is 8.51. The highest BCUT2D eigenvalue weighted by Crippen LogP contribution is 2.24. The Hall–Kier alpha value is -4.80. The van der Waals surface area contributed by atoms with Crippen LogP contribution in [0.4, 0.5) is 0 Å². The number of nitrogens with two attached hydrogens (primary N) is 1. The number of ether oxygens (including phenoxy) is 1. The molecular weight excluding hydrogens is 546 g/mol.